The molecule has 1 aromatic rings. The molecule has 1 aromatic carbocycles. The summed E-state index contributed by atoms with van der Waals surface area (Å²) >= 11 is 0. The molecule has 5 aliphatic rings. The number of carbonyl (C=O) groups is 5. The van der Waals surface area contributed by atoms with Crippen molar-refractivity contribution >= 4 is 39.9 Å². The number of amides is 5. The summed E-state index contributed by atoms with van der Waals surface area (Å²) in [6.45, 7) is 11.5. The highest BCUT2D eigenvalue weighted by molar-refractivity contribution is 7.91. The number of benzene rings is 1. The molecule has 3 heterocycles. The molecule has 3 aliphatic heterocycles. The van der Waals surface area contributed by atoms with Crippen LogP contribution in [-0.2, 0) is 53.4 Å². The van der Waals surface area contributed by atoms with E-state index in [1.165, 1.54) is 4.90 Å². The lowest BCUT2D eigenvalue weighted by Gasteiger charge is -2.35. The maximum absolute atomic E-state index is 14.5. The third kappa shape index (κ3) is 8.44. The first-order valence-electron chi connectivity index (χ1n) is 20.5. The highest BCUT2D eigenvalue weighted by atomic mass is 32.2. The SMILES string of the molecule is [2H]C1([2H])C(S(=O)(=O)NC(=O)[C@@]2(NC(=O)[C@@H]3C[C@@H]4CN3C(=O)[C@H](C(C)(C)C)NC(=O)OCC(C)(C)CCCCc3cccc5c3CN(C5)C(=O)O4)C[C@H]2CC)C1([2H])[2H]. The molecule has 1 saturated heterocycles. The van der Waals surface area contributed by atoms with Crippen LogP contribution in [0.15, 0.2) is 18.2 Å². The summed E-state index contributed by atoms with van der Waals surface area (Å²) in [6.07, 6.45) is -4.30. The maximum Gasteiger partial charge on any atom is 0.410 e. The fourth-order valence-corrected chi connectivity index (χ4v) is 8.69. The van der Waals surface area contributed by atoms with Crippen LogP contribution in [-0.4, -0.2) is 90.3 Å². The molecule has 292 valence electrons. The standard InChI is InChI=1S/C38H55N5O9S/c1-7-25-18-38(25,33(46)41-53(49,50)27-14-15-27)40-31(44)29-17-26-20-43(29)32(45)30(36(2,3)4)39-34(47)51-22-37(5,6)16-9-8-11-23-12-10-13-24-19-42(21-28(23)24)35(48)52-26/h10,12-13,25-27,29-30H,7-9,11,14-22H2,1-6H3,(H,39,47)(H,40,44)(H,41,46)/t25-,26-,29+,30-,38-/m1/s1/i14D2,15D2. The third-order valence-corrected chi connectivity index (χ3v) is 12.5. The van der Waals surface area contributed by atoms with Crippen LogP contribution in [0.2, 0.25) is 0 Å². The average molecular weight is 762 g/mol. The largest absolute Gasteiger partial charge is 0.449 e. The number of fused-ring (bicyclic) bond motifs is 3. The molecule has 3 N–H and O–H groups in total. The lowest BCUT2D eigenvalue weighted by Crippen LogP contribution is -2.60. The van der Waals surface area contributed by atoms with Gasteiger partial charge in [0.05, 0.1) is 18.4 Å². The van der Waals surface area contributed by atoms with Crippen molar-refractivity contribution in [1.82, 2.24) is 25.2 Å². The van der Waals surface area contributed by atoms with Crippen molar-refractivity contribution in [2.45, 2.75) is 141 Å². The number of cyclic esters (lactones) is 1. The van der Waals surface area contributed by atoms with Gasteiger partial charge in [-0.1, -0.05) is 72.6 Å². The number of hydrogen-bond donors (Lipinski definition) is 3. The minimum absolute atomic E-state index is 0.0337. The van der Waals surface area contributed by atoms with Crippen LogP contribution in [0.4, 0.5) is 9.59 Å². The van der Waals surface area contributed by atoms with Crippen molar-refractivity contribution in [3.8, 4) is 0 Å². The second-order valence-electron chi connectivity index (χ2n) is 17.0. The molecule has 0 unspecified atom stereocenters. The van der Waals surface area contributed by atoms with Crippen molar-refractivity contribution in [2.75, 3.05) is 13.2 Å². The number of nitrogens with one attached hydrogen (secondary N) is 3. The second kappa shape index (κ2) is 14.4. The Morgan fingerprint density at radius 1 is 1.09 bits per heavy atom. The van der Waals surface area contributed by atoms with Gasteiger partial charge in [-0.15, -0.1) is 0 Å². The monoisotopic (exact) mass is 761 g/mol. The van der Waals surface area contributed by atoms with E-state index >= 15 is 0 Å². The predicted molar refractivity (Wildman–Crippen MR) is 194 cm³/mol. The van der Waals surface area contributed by atoms with Gasteiger partial charge < -0.3 is 25.0 Å². The number of alkyl carbamates (subject to hydrolysis) is 1. The Morgan fingerprint density at radius 3 is 2.47 bits per heavy atom. The number of sulfonamides is 1. The highest BCUT2D eigenvalue weighted by Crippen LogP contribution is 2.47. The molecule has 5 amide bonds. The Balaban J connectivity index is 1.28. The first-order chi connectivity index (χ1) is 26.3. The van der Waals surface area contributed by atoms with Crippen LogP contribution in [0.1, 0.15) is 115 Å². The molecular weight excluding hydrogens is 703 g/mol. The molecule has 3 fully saturated rings. The van der Waals surface area contributed by atoms with Gasteiger partial charge in [0.1, 0.15) is 23.7 Å². The Kier molecular flexibility index (Phi) is 9.15. The smallest absolute Gasteiger partial charge is 0.410 e. The van der Waals surface area contributed by atoms with Gasteiger partial charge in [0, 0.05) is 25.0 Å². The van der Waals surface area contributed by atoms with Crippen LogP contribution >= 0.6 is 0 Å². The van der Waals surface area contributed by atoms with Gasteiger partial charge in [0.15, 0.2) is 0 Å². The normalized spacial score (nSPS) is 32.5. The Bertz CT molecular complexity index is 1930. The Hall–Kier alpha value is -3.88. The molecule has 0 aromatic heterocycles. The predicted octanol–water partition coefficient (Wildman–Crippen LogP) is 3.90. The summed E-state index contributed by atoms with van der Waals surface area (Å²) in [5.41, 5.74) is 0.204. The molecule has 4 bridgehead atoms. The van der Waals surface area contributed by atoms with Crippen molar-refractivity contribution in [1.29, 1.82) is 0 Å². The van der Waals surface area contributed by atoms with E-state index in [2.05, 4.69) is 16.7 Å². The molecule has 0 radical (unpaired) electrons. The van der Waals surface area contributed by atoms with E-state index in [-0.39, 0.29) is 31.4 Å². The zero-order valence-electron chi connectivity index (χ0n) is 35.4. The highest BCUT2D eigenvalue weighted by Gasteiger charge is 2.62. The topological polar surface area (TPSA) is 181 Å². The van der Waals surface area contributed by atoms with Crippen LogP contribution < -0.4 is 15.4 Å². The van der Waals surface area contributed by atoms with E-state index in [1.54, 1.807) is 32.6 Å². The molecule has 15 heteroatoms. The van der Waals surface area contributed by atoms with E-state index < -0.39 is 93.0 Å². The molecule has 0 spiro atoms. The fourth-order valence-electron chi connectivity index (χ4n) is 7.75. The number of aryl methyl sites for hydroxylation is 1. The third-order valence-electron chi connectivity index (χ3n) is 11.1. The van der Waals surface area contributed by atoms with Gasteiger partial charge in [-0.05, 0) is 71.9 Å². The zero-order valence-corrected chi connectivity index (χ0v) is 32.2. The summed E-state index contributed by atoms with van der Waals surface area (Å²) in [5, 5.41) is 3.25. The van der Waals surface area contributed by atoms with Crippen LogP contribution in [0.3, 0.4) is 0 Å². The van der Waals surface area contributed by atoms with Gasteiger partial charge in [0.25, 0.3) is 5.91 Å². The van der Waals surface area contributed by atoms with Gasteiger partial charge in [-0.3, -0.25) is 24.0 Å². The van der Waals surface area contributed by atoms with E-state index in [4.69, 9.17) is 15.0 Å². The number of hydrogen-bond acceptors (Lipinski definition) is 9. The minimum atomic E-state index is -4.84. The molecule has 6 rings (SSSR count). The second-order valence-corrected chi connectivity index (χ2v) is 18.7. The van der Waals surface area contributed by atoms with Crippen LogP contribution in [0.25, 0.3) is 0 Å². The van der Waals surface area contributed by atoms with Crippen molar-refractivity contribution < 1.29 is 47.3 Å². The summed E-state index contributed by atoms with van der Waals surface area (Å²) in [7, 11) is -4.84. The summed E-state index contributed by atoms with van der Waals surface area (Å²) in [4.78, 5) is 72.3. The maximum atomic E-state index is 14.5. The lowest BCUT2D eigenvalue weighted by atomic mass is 9.85. The number of rotatable bonds is 6. The molecule has 2 aliphatic carbocycles. The van der Waals surface area contributed by atoms with Crippen LogP contribution in [0.5, 0.6) is 0 Å². The van der Waals surface area contributed by atoms with E-state index in [0.717, 1.165) is 42.4 Å². The number of carbonyl (C=O) groups excluding carboxylic acids is 5. The molecular formula is C38H55N5O9S. The van der Waals surface area contributed by atoms with Crippen LogP contribution in [0, 0.1) is 16.7 Å². The average Bonchev–Trinajstić information content (AvgIpc) is 3.64. The molecule has 14 nitrogen and oxygen atoms in total. The summed E-state index contributed by atoms with van der Waals surface area (Å²) in [6, 6.07) is 3.48. The van der Waals surface area contributed by atoms with E-state index in [9.17, 15) is 32.4 Å². The summed E-state index contributed by atoms with van der Waals surface area (Å²) < 4.78 is 70.7. The van der Waals surface area contributed by atoms with Gasteiger partial charge in [0.2, 0.25) is 21.8 Å². The number of ether oxygens (including phenoxy) is 2. The Labute approximate surface area is 318 Å². The van der Waals surface area contributed by atoms with E-state index in [0.29, 0.717) is 19.5 Å². The molecule has 2 saturated carbocycles. The lowest BCUT2D eigenvalue weighted by molar-refractivity contribution is -0.143. The molecule has 5 atom stereocenters. The zero-order chi connectivity index (χ0) is 42.1. The quantitative estimate of drug-likeness (QED) is 0.388. The Morgan fingerprint density at radius 2 is 1.81 bits per heavy atom. The van der Waals surface area contributed by atoms with Crippen molar-refractivity contribution in [3.63, 3.8) is 0 Å². The van der Waals surface area contributed by atoms with Crippen molar-refractivity contribution in [2.24, 2.45) is 16.7 Å². The first kappa shape index (κ1) is 33.7. The number of nitrogens with zero attached hydrogens (tertiary/aromatic N) is 2. The molecule has 53 heavy (non-hydrogen) atoms. The fraction of sp³-hybridized carbons (Fsp3) is 0.711. The van der Waals surface area contributed by atoms with Crippen molar-refractivity contribution in [3.05, 3.63) is 34.9 Å². The van der Waals surface area contributed by atoms with Gasteiger partial charge in [-0.25, -0.2) is 18.0 Å². The van der Waals surface area contributed by atoms with Gasteiger partial charge >= 0.3 is 12.2 Å². The minimum Gasteiger partial charge on any atom is -0.449 e. The summed E-state index contributed by atoms with van der Waals surface area (Å²) in [5.74, 6) is -3.15. The van der Waals surface area contributed by atoms with Gasteiger partial charge in [-0.2, -0.15) is 0 Å². The first-order valence-corrected chi connectivity index (χ1v) is 20.1. The van der Waals surface area contributed by atoms with E-state index in [1.807, 2.05) is 30.7 Å².